The van der Waals surface area contributed by atoms with Crippen LogP contribution in [0.25, 0.3) is 0 Å². The van der Waals surface area contributed by atoms with Gasteiger partial charge in [0.05, 0.1) is 6.20 Å². The van der Waals surface area contributed by atoms with E-state index in [1.807, 2.05) is 0 Å². The third-order valence-corrected chi connectivity index (χ3v) is 1.01. The fourth-order valence-electron chi connectivity index (χ4n) is 0.568. The number of hydrogen-bond donors (Lipinski definition) is 1. The molecule has 0 atom stereocenters. The highest BCUT2D eigenvalue weighted by molar-refractivity contribution is 5.85. The summed E-state index contributed by atoms with van der Waals surface area (Å²) < 4.78 is 34.9. The quantitative estimate of drug-likeness (QED) is 0.682. The number of hydrogen-bond acceptors (Lipinski definition) is 3. The number of aromatic carboxylic acids is 1. The average Bonchev–Trinajstić information content (AvgIpc) is 2.30. The number of rotatable bonds is 1. The maximum Gasteiger partial charge on any atom is 0.506 e. The molecule has 0 amide bonds. The van der Waals surface area contributed by atoms with E-state index in [0.717, 1.165) is 0 Å². The predicted molar refractivity (Wildman–Crippen MR) is 28.3 cm³/mol. The molecule has 0 aliphatic heterocycles. The molecule has 0 saturated carbocycles. The van der Waals surface area contributed by atoms with E-state index in [1.165, 1.54) is 0 Å². The van der Waals surface area contributed by atoms with Gasteiger partial charge < -0.3 is 5.11 Å². The van der Waals surface area contributed by atoms with Gasteiger partial charge in [-0.2, -0.15) is 0 Å². The molecule has 0 spiro atoms. The first-order valence-electron chi connectivity index (χ1n) is 2.64. The second kappa shape index (κ2) is 2.47. The molecule has 1 N–H and O–H groups in total. The minimum atomic E-state index is -4.84. The number of alkyl halides is 3. The average molecular weight is 181 g/mol. The summed E-state index contributed by atoms with van der Waals surface area (Å²) >= 11 is 0. The molecule has 0 unspecified atom stereocenters. The van der Waals surface area contributed by atoms with E-state index in [4.69, 9.17) is 5.11 Å². The van der Waals surface area contributed by atoms with E-state index in [0.29, 0.717) is 6.20 Å². The number of aromatic nitrogens is 3. The van der Waals surface area contributed by atoms with Crippen LogP contribution in [0.4, 0.5) is 13.2 Å². The first-order valence-corrected chi connectivity index (χ1v) is 2.64. The molecule has 0 bridgehead atoms. The molecule has 1 aromatic rings. The molecule has 12 heavy (non-hydrogen) atoms. The molecule has 0 radical (unpaired) electrons. The Hall–Kier alpha value is -1.60. The molecular formula is C4H2F3N3O2. The van der Waals surface area contributed by atoms with Crippen LogP contribution in [-0.2, 0) is 6.30 Å². The Morgan fingerprint density at radius 1 is 1.58 bits per heavy atom. The van der Waals surface area contributed by atoms with E-state index in [-0.39, 0.29) is 0 Å². The number of nitrogens with zero attached hydrogens (tertiary/aromatic N) is 3. The molecule has 5 nitrogen and oxygen atoms in total. The van der Waals surface area contributed by atoms with Crippen molar-refractivity contribution in [3.05, 3.63) is 11.9 Å². The molecule has 0 saturated heterocycles. The minimum Gasteiger partial charge on any atom is -0.476 e. The largest absolute Gasteiger partial charge is 0.506 e. The third kappa shape index (κ3) is 1.36. The van der Waals surface area contributed by atoms with Crippen molar-refractivity contribution in [2.75, 3.05) is 0 Å². The zero-order chi connectivity index (χ0) is 9.35. The molecule has 0 aliphatic rings. The van der Waals surface area contributed by atoms with Gasteiger partial charge in [-0.3, -0.25) is 0 Å². The standard InChI is InChI=1S/C4H2F3N3O2/c5-4(6,7)10-2(3(11)12)1-8-9-10/h1H,(H,11,12). The summed E-state index contributed by atoms with van der Waals surface area (Å²) in [4.78, 5) is 10.1. The Balaban J connectivity index is 3.17. The second-order valence-electron chi connectivity index (χ2n) is 1.80. The van der Waals surface area contributed by atoms with Crippen LogP contribution in [-0.4, -0.2) is 26.1 Å². The zero-order valence-corrected chi connectivity index (χ0v) is 5.41. The monoisotopic (exact) mass is 181 g/mol. The Morgan fingerprint density at radius 2 is 2.17 bits per heavy atom. The number of carbonyl (C=O) groups is 1. The van der Waals surface area contributed by atoms with E-state index in [2.05, 4.69) is 10.3 Å². The lowest BCUT2D eigenvalue weighted by molar-refractivity contribution is -0.214. The smallest absolute Gasteiger partial charge is 0.476 e. The summed E-state index contributed by atoms with van der Waals surface area (Å²) in [5, 5.41) is 13.6. The van der Waals surface area contributed by atoms with Gasteiger partial charge in [0.1, 0.15) is 0 Å². The fraction of sp³-hybridized carbons (Fsp3) is 0.250. The topological polar surface area (TPSA) is 68.0 Å². The minimum absolute atomic E-state index is 0.524. The summed E-state index contributed by atoms with van der Waals surface area (Å²) in [6.45, 7) is 0. The van der Waals surface area contributed by atoms with E-state index in [1.54, 1.807) is 0 Å². The molecule has 0 fully saturated rings. The summed E-state index contributed by atoms with van der Waals surface area (Å²) in [5.74, 6) is -1.72. The first-order chi connectivity index (χ1) is 5.43. The van der Waals surface area contributed by atoms with E-state index < -0.39 is 22.6 Å². The van der Waals surface area contributed by atoms with Crippen molar-refractivity contribution in [1.29, 1.82) is 0 Å². The lowest BCUT2D eigenvalue weighted by atomic mass is 10.5. The van der Waals surface area contributed by atoms with Gasteiger partial charge in [-0.25, -0.2) is 4.79 Å². The van der Waals surface area contributed by atoms with Crippen LogP contribution < -0.4 is 0 Å². The Morgan fingerprint density at radius 3 is 2.50 bits per heavy atom. The van der Waals surface area contributed by atoms with Gasteiger partial charge in [-0.1, -0.05) is 5.21 Å². The molecule has 8 heteroatoms. The highest BCUT2D eigenvalue weighted by atomic mass is 19.4. The summed E-state index contributed by atoms with van der Waals surface area (Å²) in [6, 6.07) is 0. The highest BCUT2D eigenvalue weighted by Crippen LogP contribution is 2.21. The fourth-order valence-corrected chi connectivity index (χ4v) is 0.568. The van der Waals surface area contributed by atoms with Gasteiger partial charge in [-0.15, -0.1) is 23.0 Å². The lowest BCUT2D eigenvalue weighted by Crippen LogP contribution is -2.23. The summed E-state index contributed by atoms with van der Waals surface area (Å²) in [5.41, 5.74) is -1.01. The molecule has 66 valence electrons. The first kappa shape index (κ1) is 8.50. The van der Waals surface area contributed by atoms with Gasteiger partial charge in [0.2, 0.25) is 0 Å². The maximum atomic E-state index is 11.8. The Bertz CT molecular complexity index is 305. The van der Waals surface area contributed by atoms with Gasteiger partial charge in [0.25, 0.3) is 0 Å². The maximum absolute atomic E-state index is 11.8. The SMILES string of the molecule is O=C(O)c1cnnn1C(F)(F)F. The van der Waals surface area contributed by atoms with Crippen molar-refractivity contribution in [3.8, 4) is 0 Å². The van der Waals surface area contributed by atoms with Crippen molar-refractivity contribution in [2.24, 2.45) is 0 Å². The van der Waals surface area contributed by atoms with Gasteiger partial charge in [-0.05, 0) is 0 Å². The normalized spacial score (nSPS) is 11.6. The molecule has 0 aromatic carbocycles. The van der Waals surface area contributed by atoms with Crippen LogP contribution in [0.5, 0.6) is 0 Å². The number of carboxylic acid groups (broad SMARTS) is 1. The molecular weight excluding hydrogens is 179 g/mol. The number of halogens is 3. The molecule has 1 rings (SSSR count). The van der Waals surface area contributed by atoms with Crippen molar-refractivity contribution in [3.63, 3.8) is 0 Å². The number of carboxylic acids is 1. The van der Waals surface area contributed by atoms with Crippen molar-refractivity contribution >= 4 is 5.97 Å². The van der Waals surface area contributed by atoms with E-state index >= 15 is 0 Å². The van der Waals surface area contributed by atoms with Gasteiger partial charge in [0, 0.05) is 0 Å². The lowest BCUT2D eigenvalue weighted by Gasteiger charge is -2.05. The third-order valence-electron chi connectivity index (χ3n) is 1.01. The predicted octanol–water partition coefficient (Wildman–Crippen LogP) is 0.453. The van der Waals surface area contributed by atoms with E-state index in [9.17, 15) is 18.0 Å². The van der Waals surface area contributed by atoms with Crippen molar-refractivity contribution < 1.29 is 23.1 Å². The Labute approximate surface area is 63.4 Å². The van der Waals surface area contributed by atoms with Crippen LogP contribution in [0.1, 0.15) is 10.5 Å². The molecule has 1 aromatic heterocycles. The highest BCUT2D eigenvalue weighted by Gasteiger charge is 2.36. The summed E-state index contributed by atoms with van der Waals surface area (Å²) in [6.07, 6.45) is -4.32. The Kier molecular flexibility index (Phi) is 1.75. The van der Waals surface area contributed by atoms with Crippen LogP contribution in [0.3, 0.4) is 0 Å². The van der Waals surface area contributed by atoms with Crippen molar-refractivity contribution in [2.45, 2.75) is 6.30 Å². The van der Waals surface area contributed by atoms with Crippen LogP contribution in [0, 0.1) is 0 Å². The van der Waals surface area contributed by atoms with Gasteiger partial charge in [0.15, 0.2) is 5.69 Å². The molecule has 1 heterocycles. The van der Waals surface area contributed by atoms with Crippen LogP contribution in [0.2, 0.25) is 0 Å². The summed E-state index contributed by atoms with van der Waals surface area (Å²) in [7, 11) is 0. The molecule has 0 aliphatic carbocycles. The van der Waals surface area contributed by atoms with Crippen LogP contribution >= 0.6 is 0 Å². The van der Waals surface area contributed by atoms with Gasteiger partial charge >= 0.3 is 12.3 Å². The zero-order valence-electron chi connectivity index (χ0n) is 5.41. The van der Waals surface area contributed by atoms with Crippen LogP contribution in [0.15, 0.2) is 6.20 Å². The van der Waals surface area contributed by atoms with Crippen molar-refractivity contribution in [1.82, 2.24) is 15.0 Å². The second-order valence-corrected chi connectivity index (χ2v) is 1.80.